The molecule has 0 unspecified atom stereocenters. The number of rotatable bonds is 4. The second-order valence-corrected chi connectivity index (χ2v) is 6.01. The van der Waals surface area contributed by atoms with Gasteiger partial charge in [0.15, 0.2) is 11.5 Å². The minimum atomic E-state index is -0.704. The highest BCUT2D eigenvalue weighted by atomic mass is 16.6. The Kier molecular flexibility index (Phi) is 4.21. The fourth-order valence-electron chi connectivity index (χ4n) is 2.89. The van der Waals surface area contributed by atoms with Gasteiger partial charge in [0.05, 0.1) is 11.1 Å². The fourth-order valence-corrected chi connectivity index (χ4v) is 2.89. The lowest BCUT2D eigenvalue weighted by atomic mass is 10.1. The van der Waals surface area contributed by atoms with Crippen molar-refractivity contribution < 1.29 is 19.2 Å². The smallest absolute Gasteiger partial charge is 0.311 e. The normalized spacial score (nSPS) is 11.3. The van der Waals surface area contributed by atoms with E-state index in [9.17, 15) is 20.0 Å². The summed E-state index contributed by atoms with van der Waals surface area (Å²) >= 11 is 0. The second kappa shape index (κ2) is 6.84. The summed E-state index contributed by atoms with van der Waals surface area (Å²) < 4.78 is 5.60. The van der Waals surface area contributed by atoms with E-state index in [2.05, 4.69) is 10.5 Å². The van der Waals surface area contributed by atoms with Crippen molar-refractivity contribution in [3.05, 3.63) is 82.1 Å². The number of nitro groups is 1. The van der Waals surface area contributed by atoms with Gasteiger partial charge in [-0.15, -0.1) is 0 Å². The van der Waals surface area contributed by atoms with E-state index in [1.807, 2.05) is 30.3 Å². The maximum atomic E-state index is 12.3. The molecule has 8 heteroatoms. The summed E-state index contributed by atoms with van der Waals surface area (Å²) in [6.45, 7) is 0. The first-order chi connectivity index (χ1) is 13.5. The van der Waals surface area contributed by atoms with Gasteiger partial charge < -0.3 is 9.52 Å². The minimum absolute atomic E-state index is 0.0974. The van der Waals surface area contributed by atoms with Crippen LogP contribution in [0.15, 0.2) is 70.2 Å². The number of carbonyl (C=O) groups is 1. The first-order valence-electron chi connectivity index (χ1n) is 8.25. The maximum Gasteiger partial charge on any atom is 0.311 e. The molecule has 8 nitrogen and oxygen atoms in total. The summed E-state index contributed by atoms with van der Waals surface area (Å²) in [6.07, 6.45) is 1.24. The van der Waals surface area contributed by atoms with E-state index in [1.165, 1.54) is 18.3 Å². The molecule has 0 radical (unpaired) electrons. The number of nitro benzene ring substituents is 1. The number of phenolic OH excluding ortho intramolecular Hbond substituents is 1. The Bertz CT molecular complexity index is 1260. The van der Waals surface area contributed by atoms with Gasteiger partial charge in [-0.3, -0.25) is 14.9 Å². The molecule has 0 aliphatic heterocycles. The van der Waals surface area contributed by atoms with Crippen molar-refractivity contribution in [2.75, 3.05) is 0 Å². The summed E-state index contributed by atoms with van der Waals surface area (Å²) in [5, 5.41) is 26.9. The summed E-state index contributed by atoms with van der Waals surface area (Å²) in [5.41, 5.74) is 2.81. The molecule has 0 aliphatic rings. The molecule has 0 saturated carbocycles. The summed E-state index contributed by atoms with van der Waals surface area (Å²) in [6, 6.07) is 16.9. The monoisotopic (exact) mass is 375 g/mol. The van der Waals surface area contributed by atoms with E-state index < -0.39 is 22.3 Å². The van der Waals surface area contributed by atoms with E-state index >= 15 is 0 Å². The average Bonchev–Trinajstić information content (AvgIpc) is 3.14. The lowest BCUT2D eigenvalue weighted by molar-refractivity contribution is -0.385. The Morgan fingerprint density at radius 3 is 2.75 bits per heavy atom. The zero-order valence-corrected chi connectivity index (χ0v) is 14.3. The highest BCUT2D eigenvalue weighted by molar-refractivity contribution is 6.08. The molecular weight excluding hydrogens is 362 g/mol. The third kappa shape index (κ3) is 3.14. The average molecular weight is 375 g/mol. The molecule has 0 aliphatic carbocycles. The summed E-state index contributed by atoms with van der Waals surface area (Å²) in [5.74, 6) is -0.898. The van der Waals surface area contributed by atoms with E-state index in [0.717, 1.165) is 22.2 Å². The number of nitrogens with one attached hydrogen (secondary N) is 1. The van der Waals surface area contributed by atoms with Gasteiger partial charge in [0, 0.05) is 17.0 Å². The molecule has 28 heavy (non-hydrogen) atoms. The number of hydrogen-bond donors (Lipinski definition) is 2. The van der Waals surface area contributed by atoms with Gasteiger partial charge in [-0.2, -0.15) is 5.10 Å². The Morgan fingerprint density at radius 1 is 1.11 bits per heavy atom. The maximum absolute atomic E-state index is 12.3. The van der Waals surface area contributed by atoms with Crippen LogP contribution in [-0.4, -0.2) is 22.2 Å². The standard InChI is InChI=1S/C20H13N3O5/c24-17-7-5-12(9-16(17)23(26)27)11-21-22-20(25)19-10-15-14-4-2-1-3-13(14)6-8-18(15)28-19/h1-11,24H,(H,22,25)/b21-11+. The molecule has 0 saturated heterocycles. The Hall–Kier alpha value is -4.20. The molecule has 0 atom stereocenters. The third-order valence-electron chi connectivity index (χ3n) is 4.23. The molecule has 1 amide bonds. The van der Waals surface area contributed by atoms with Crippen LogP contribution in [0.1, 0.15) is 16.1 Å². The first kappa shape index (κ1) is 17.2. The van der Waals surface area contributed by atoms with Crippen LogP contribution < -0.4 is 5.43 Å². The first-order valence-corrected chi connectivity index (χ1v) is 8.25. The predicted octanol–water partition coefficient (Wildman–Crippen LogP) is 3.96. The van der Waals surface area contributed by atoms with Crippen LogP contribution in [-0.2, 0) is 0 Å². The van der Waals surface area contributed by atoms with Crippen molar-refractivity contribution in [3.8, 4) is 5.75 Å². The molecule has 138 valence electrons. The quantitative estimate of drug-likeness (QED) is 0.318. The predicted molar refractivity (Wildman–Crippen MR) is 104 cm³/mol. The van der Waals surface area contributed by atoms with Crippen molar-refractivity contribution >= 4 is 39.6 Å². The van der Waals surface area contributed by atoms with Crippen LogP contribution in [0.2, 0.25) is 0 Å². The lowest BCUT2D eigenvalue weighted by Crippen LogP contribution is -2.16. The Morgan fingerprint density at radius 2 is 1.93 bits per heavy atom. The van der Waals surface area contributed by atoms with Crippen molar-refractivity contribution in [2.45, 2.75) is 0 Å². The second-order valence-electron chi connectivity index (χ2n) is 6.01. The molecule has 0 bridgehead atoms. The summed E-state index contributed by atoms with van der Waals surface area (Å²) in [4.78, 5) is 22.4. The molecule has 0 spiro atoms. The van der Waals surface area contributed by atoms with Crippen molar-refractivity contribution in [1.29, 1.82) is 0 Å². The van der Waals surface area contributed by atoms with Crippen molar-refractivity contribution in [3.63, 3.8) is 0 Å². The number of phenols is 1. The van der Waals surface area contributed by atoms with Gasteiger partial charge >= 0.3 is 11.6 Å². The highest BCUT2D eigenvalue weighted by Gasteiger charge is 2.14. The van der Waals surface area contributed by atoms with E-state index in [0.29, 0.717) is 11.1 Å². The van der Waals surface area contributed by atoms with Crippen LogP contribution in [0, 0.1) is 10.1 Å². The molecule has 0 fully saturated rings. The molecule has 4 rings (SSSR count). The number of aromatic hydroxyl groups is 1. The number of benzene rings is 3. The van der Waals surface area contributed by atoms with Crippen LogP contribution in [0.5, 0.6) is 5.75 Å². The highest BCUT2D eigenvalue weighted by Crippen LogP contribution is 2.28. The van der Waals surface area contributed by atoms with Gasteiger partial charge in [0.2, 0.25) is 0 Å². The van der Waals surface area contributed by atoms with Gasteiger partial charge in [-0.1, -0.05) is 30.3 Å². The number of carbonyl (C=O) groups excluding carboxylic acids is 1. The minimum Gasteiger partial charge on any atom is -0.502 e. The van der Waals surface area contributed by atoms with Crippen LogP contribution in [0.3, 0.4) is 0 Å². The molecule has 1 aromatic heterocycles. The Balaban J connectivity index is 1.56. The van der Waals surface area contributed by atoms with Crippen LogP contribution in [0.25, 0.3) is 21.7 Å². The van der Waals surface area contributed by atoms with Gasteiger partial charge in [-0.25, -0.2) is 5.43 Å². The van der Waals surface area contributed by atoms with Gasteiger partial charge in [0.1, 0.15) is 5.58 Å². The molecule has 2 N–H and O–H groups in total. The van der Waals surface area contributed by atoms with Crippen LogP contribution in [0.4, 0.5) is 5.69 Å². The molecule has 1 heterocycles. The topological polar surface area (TPSA) is 118 Å². The largest absolute Gasteiger partial charge is 0.502 e. The third-order valence-corrected chi connectivity index (χ3v) is 4.23. The molecule has 4 aromatic rings. The van der Waals surface area contributed by atoms with Gasteiger partial charge in [-0.05, 0) is 35.0 Å². The van der Waals surface area contributed by atoms with Crippen molar-refractivity contribution in [1.82, 2.24) is 5.43 Å². The number of amides is 1. The SMILES string of the molecule is O=C(N/N=C/c1ccc(O)c([N+](=O)[O-])c1)c1cc2c(ccc3ccccc32)o1. The number of furan rings is 1. The van der Waals surface area contributed by atoms with E-state index in [4.69, 9.17) is 4.42 Å². The summed E-state index contributed by atoms with van der Waals surface area (Å²) in [7, 11) is 0. The van der Waals surface area contributed by atoms with Crippen molar-refractivity contribution in [2.24, 2.45) is 5.10 Å². The zero-order chi connectivity index (χ0) is 19.7. The van der Waals surface area contributed by atoms with Gasteiger partial charge in [0.25, 0.3) is 0 Å². The van der Waals surface area contributed by atoms with Crippen LogP contribution >= 0.6 is 0 Å². The number of fused-ring (bicyclic) bond motifs is 3. The number of hydrazone groups is 1. The fraction of sp³-hybridized carbons (Fsp3) is 0. The number of hydrogen-bond acceptors (Lipinski definition) is 6. The lowest BCUT2D eigenvalue weighted by Gasteiger charge is -1.98. The molecule has 3 aromatic carbocycles. The van der Waals surface area contributed by atoms with E-state index in [-0.39, 0.29) is 5.76 Å². The zero-order valence-electron chi connectivity index (χ0n) is 14.3. The Labute approximate surface area is 157 Å². The molecular formula is C20H13N3O5. The van der Waals surface area contributed by atoms with E-state index in [1.54, 1.807) is 12.1 Å². The number of nitrogens with zero attached hydrogens (tertiary/aromatic N) is 2.